The van der Waals surface area contributed by atoms with Gasteiger partial charge in [-0.25, -0.2) is 4.58 Å². The number of benzene rings is 1. The fourth-order valence-corrected chi connectivity index (χ4v) is 4.11. The average molecular weight is 432 g/mol. The summed E-state index contributed by atoms with van der Waals surface area (Å²) in [5.41, 5.74) is 6.72. The lowest BCUT2D eigenvalue weighted by Gasteiger charge is -2.14. The van der Waals surface area contributed by atoms with Crippen molar-refractivity contribution in [1.82, 2.24) is 4.98 Å². The van der Waals surface area contributed by atoms with Gasteiger partial charge in [-0.05, 0) is 62.6 Å². The van der Waals surface area contributed by atoms with Crippen molar-refractivity contribution < 1.29 is 14.1 Å². The van der Waals surface area contributed by atoms with Gasteiger partial charge < -0.3 is 15.4 Å². The van der Waals surface area contributed by atoms with Gasteiger partial charge in [0.1, 0.15) is 30.7 Å². The SMILES string of the molecule is COC1=C(c2cc(C(=O)CCC/C=C3/Nc4ccc(C)cc4N3)cc(C)n2)C=[N+](C)CC1. The second-order valence-electron chi connectivity index (χ2n) is 8.52. The summed E-state index contributed by atoms with van der Waals surface area (Å²) >= 11 is 0. The van der Waals surface area contributed by atoms with E-state index < -0.39 is 0 Å². The zero-order valence-corrected chi connectivity index (χ0v) is 19.3. The summed E-state index contributed by atoms with van der Waals surface area (Å²) in [5, 5.41) is 6.77. The number of hydrogen-bond donors (Lipinski definition) is 2. The fourth-order valence-electron chi connectivity index (χ4n) is 4.11. The summed E-state index contributed by atoms with van der Waals surface area (Å²) in [6.45, 7) is 4.92. The molecule has 0 bridgehead atoms. The Labute approximate surface area is 189 Å². The summed E-state index contributed by atoms with van der Waals surface area (Å²) in [6, 6.07) is 10.1. The number of ether oxygens (including phenoxy) is 1. The molecule has 2 aliphatic rings. The molecule has 2 N–H and O–H groups in total. The number of hydrogen-bond acceptors (Lipinski definition) is 5. The number of nitrogens with one attached hydrogen (secondary N) is 2. The number of pyridine rings is 1. The largest absolute Gasteiger partial charge is 0.500 e. The number of unbranched alkanes of at least 4 members (excludes halogenated alkanes) is 1. The number of aromatic nitrogens is 1. The van der Waals surface area contributed by atoms with Gasteiger partial charge in [0, 0.05) is 17.7 Å². The first kappa shape index (κ1) is 21.8. The minimum absolute atomic E-state index is 0.144. The zero-order valence-electron chi connectivity index (χ0n) is 19.3. The Hall–Kier alpha value is -3.41. The van der Waals surface area contributed by atoms with Gasteiger partial charge in [-0.2, -0.15) is 0 Å². The van der Waals surface area contributed by atoms with Crippen molar-refractivity contribution in [2.75, 3.05) is 31.3 Å². The third-order valence-electron chi connectivity index (χ3n) is 5.81. The number of ketones is 1. The molecule has 0 unspecified atom stereocenters. The Bertz CT molecular complexity index is 1140. The van der Waals surface area contributed by atoms with Crippen LogP contribution in [0, 0.1) is 13.8 Å². The number of aryl methyl sites for hydroxylation is 2. The van der Waals surface area contributed by atoms with E-state index in [4.69, 9.17) is 4.74 Å². The highest BCUT2D eigenvalue weighted by Gasteiger charge is 2.21. The van der Waals surface area contributed by atoms with Gasteiger partial charge in [0.05, 0.1) is 30.6 Å². The Morgan fingerprint density at radius 3 is 2.81 bits per heavy atom. The van der Waals surface area contributed by atoms with Gasteiger partial charge in [0.15, 0.2) is 12.0 Å². The Morgan fingerprint density at radius 2 is 2.00 bits per heavy atom. The molecule has 0 fully saturated rings. The molecule has 0 amide bonds. The standard InChI is InChI=1S/C26H30N4O2/c1-17-9-10-21-23(13-17)29-26(28-21)8-6-5-7-24(31)19-14-18(2)27-22(15-19)20-16-30(3)12-11-25(20)32-4/h8-10,13-16H,5-7,11-12H2,1-4H3,(H-,27,28,29,31)/p+1/b26-8-. The molecule has 166 valence electrons. The molecule has 0 radical (unpaired) electrons. The van der Waals surface area contributed by atoms with Crippen molar-refractivity contribution in [2.45, 2.75) is 39.5 Å². The first-order valence-corrected chi connectivity index (χ1v) is 11.1. The highest BCUT2D eigenvalue weighted by atomic mass is 16.5. The molecule has 0 saturated carbocycles. The van der Waals surface area contributed by atoms with E-state index in [0.29, 0.717) is 12.0 Å². The van der Waals surface area contributed by atoms with Crippen molar-refractivity contribution >= 4 is 28.9 Å². The van der Waals surface area contributed by atoms with Crippen LogP contribution in [0.3, 0.4) is 0 Å². The summed E-state index contributed by atoms with van der Waals surface area (Å²) in [6.07, 6.45) is 7.11. The topological polar surface area (TPSA) is 66.3 Å². The van der Waals surface area contributed by atoms with E-state index in [0.717, 1.165) is 65.7 Å². The molecule has 6 heteroatoms. The van der Waals surface area contributed by atoms with Gasteiger partial charge in [0.2, 0.25) is 0 Å². The van der Waals surface area contributed by atoms with Gasteiger partial charge in [-0.3, -0.25) is 9.78 Å². The fraction of sp³-hybridized carbons (Fsp3) is 0.346. The molecule has 32 heavy (non-hydrogen) atoms. The lowest BCUT2D eigenvalue weighted by molar-refractivity contribution is -0.492. The predicted molar refractivity (Wildman–Crippen MR) is 129 cm³/mol. The predicted octanol–water partition coefficient (Wildman–Crippen LogP) is 4.90. The van der Waals surface area contributed by atoms with E-state index >= 15 is 0 Å². The third-order valence-corrected chi connectivity index (χ3v) is 5.81. The molecule has 0 spiro atoms. The first-order valence-electron chi connectivity index (χ1n) is 11.1. The van der Waals surface area contributed by atoms with Gasteiger partial charge in [-0.15, -0.1) is 0 Å². The van der Waals surface area contributed by atoms with E-state index in [9.17, 15) is 4.79 Å². The van der Waals surface area contributed by atoms with Crippen LogP contribution in [0.5, 0.6) is 0 Å². The zero-order chi connectivity index (χ0) is 22.7. The second-order valence-corrected chi connectivity index (χ2v) is 8.52. The molecule has 0 saturated heterocycles. The molecular weight excluding hydrogens is 400 g/mol. The Kier molecular flexibility index (Phi) is 6.40. The number of anilines is 2. The van der Waals surface area contributed by atoms with Crippen LogP contribution in [0.2, 0.25) is 0 Å². The van der Waals surface area contributed by atoms with Crippen LogP contribution in [0.4, 0.5) is 11.4 Å². The van der Waals surface area contributed by atoms with Crippen molar-refractivity contribution in [3.8, 4) is 0 Å². The highest BCUT2D eigenvalue weighted by molar-refractivity contribution is 6.08. The lowest BCUT2D eigenvalue weighted by Crippen LogP contribution is -2.18. The van der Waals surface area contributed by atoms with Crippen LogP contribution in [0.25, 0.3) is 5.57 Å². The number of rotatable bonds is 7. The molecule has 0 aliphatic carbocycles. The van der Waals surface area contributed by atoms with E-state index in [1.807, 2.05) is 32.3 Å². The molecule has 2 aromatic rings. The number of carbonyl (C=O) groups excluding carboxylic acids is 1. The smallest absolute Gasteiger partial charge is 0.176 e. The van der Waals surface area contributed by atoms with Gasteiger partial charge in [-0.1, -0.05) is 6.07 Å². The van der Waals surface area contributed by atoms with Crippen molar-refractivity contribution in [3.05, 3.63) is 70.5 Å². The van der Waals surface area contributed by atoms with E-state index in [-0.39, 0.29) is 5.78 Å². The molecule has 1 aromatic heterocycles. The Balaban J connectivity index is 1.40. The highest BCUT2D eigenvalue weighted by Crippen LogP contribution is 2.31. The van der Waals surface area contributed by atoms with Gasteiger partial charge in [0.25, 0.3) is 0 Å². The minimum Gasteiger partial charge on any atom is -0.500 e. The maximum atomic E-state index is 12.9. The van der Waals surface area contributed by atoms with Crippen LogP contribution in [-0.2, 0) is 4.74 Å². The van der Waals surface area contributed by atoms with Crippen molar-refractivity contribution in [2.24, 2.45) is 0 Å². The normalized spacial score (nSPS) is 16.4. The molecule has 6 nitrogen and oxygen atoms in total. The monoisotopic (exact) mass is 431 g/mol. The molecular formula is C26H31N4O2+. The molecule has 0 atom stereocenters. The molecule has 2 aliphatic heterocycles. The van der Waals surface area contributed by atoms with Crippen LogP contribution in [0.1, 0.15) is 53.0 Å². The summed E-state index contributed by atoms with van der Waals surface area (Å²) in [4.78, 5) is 17.6. The minimum atomic E-state index is 0.144. The number of carbonyl (C=O) groups is 1. The van der Waals surface area contributed by atoms with Crippen LogP contribution in [-0.4, -0.2) is 42.3 Å². The number of allylic oxidation sites excluding steroid dienone is 2. The maximum Gasteiger partial charge on any atom is 0.176 e. The quantitative estimate of drug-likeness (QED) is 0.371. The summed E-state index contributed by atoms with van der Waals surface area (Å²) in [7, 11) is 3.73. The number of fused-ring (bicyclic) bond motifs is 1. The Morgan fingerprint density at radius 1 is 1.19 bits per heavy atom. The second kappa shape index (κ2) is 9.39. The van der Waals surface area contributed by atoms with Crippen LogP contribution in [0.15, 0.2) is 48.0 Å². The van der Waals surface area contributed by atoms with Gasteiger partial charge >= 0.3 is 0 Å². The first-order chi connectivity index (χ1) is 15.4. The maximum absolute atomic E-state index is 12.9. The van der Waals surface area contributed by atoms with Crippen LogP contribution < -0.4 is 10.6 Å². The van der Waals surface area contributed by atoms with Crippen LogP contribution >= 0.6 is 0 Å². The van der Waals surface area contributed by atoms with E-state index in [1.165, 1.54) is 5.56 Å². The van der Waals surface area contributed by atoms with E-state index in [1.54, 1.807) is 7.11 Å². The summed E-state index contributed by atoms with van der Waals surface area (Å²) in [5.74, 6) is 2.04. The summed E-state index contributed by atoms with van der Waals surface area (Å²) < 4.78 is 7.71. The molecule has 1 aromatic carbocycles. The molecule has 4 rings (SSSR count). The van der Waals surface area contributed by atoms with Crippen molar-refractivity contribution in [3.63, 3.8) is 0 Å². The van der Waals surface area contributed by atoms with Crippen molar-refractivity contribution in [1.29, 1.82) is 0 Å². The average Bonchev–Trinajstić information content (AvgIpc) is 3.18. The third kappa shape index (κ3) is 4.90. The number of Topliss-reactive ketones (excluding diaryl/α,β-unsaturated/α-hetero) is 1. The number of nitrogens with zero attached hydrogens (tertiary/aromatic N) is 2. The lowest BCUT2D eigenvalue weighted by atomic mass is 10.0. The number of methoxy groups -OCH3 is 1. The van der Waals surface area contributed by atoms with E-state index in [2.05, 4.69) is 51.4 Å². The molecule has 3 heterocycles.